The molecule has 0 aromatic heterocycles. The van der Waals surface area contributed by atoms with E-state index in [2.05, 4.69) is 11.8 Å². The predicted molar refractivity (Wildman–Crippen MR) is 68.4 cm³/mol. The summed E-state index contributed by atoms with van der Waals surface area (Å²) in [6.45, 7) is 3.25. The van der Waals surface area contributed by atoms with Crippen LogP contribution in [0.4, 0.5) is 0 Å². The molecule has 1 aromatic rings. The van der Waals surface area contributed by atoms with Gasteiger partial charge in [-0.2, -0.15) is 0 Å². The Balaban J connectivity index is 3.50. The van der Waals surface area contributed by atoms with Crippen LogP contribution in [-0.4, -0.2) is 27.1 Å². The molecule has 0 spiro atoms. The lowest BCUT2D eigenvalue weighted by atomic mass is 10.1. The zero-order chi connectivity index (χ0) is 13.7. The van der Waals surface area contributed by atoms with Crippen LogP contribution in [0.2, 0.25) is 0 Å². The molecule has 0 aliphatic carbocycles. The summed E-state index contributed by atoms with van der Waals surface area (Å²) in [5.74, 6) is 6.81. The van der Waals surface area contributed by atoms with E-state index in [1.54, 1.807) is 27.4 Å². The van der Waals surface area contributed by atoms with Gasteiger partial charge in [0.1, 0.15) is 5.75 Å². The van der Waals surface area contributed by atoms with E-state index in [1.807, 2.05) is 6.92 Å². The number of ketones is 1. The summed E-state index contributed by atoms with van der Waals surface area (Å²) < 4.78 is 15.8. The number of ether oxygens (including phenoxy) is 3. The van der Waals surface area contributed by atoms with E-state index < -0.39 is 0 Å². The summed E-state index contributed by atoms with van der Waals surface area (Å²) in [6.07, 6.45) is 0. The average molecular weight is 248 g/mol. The summed E-state index contributed by atoms with van der Waals surface area (Å²) in [4.78, 5) is 10.9. The number of carbonyl (C=O) groups is 1. The van der Waals surface area contributed by atoms with Crippen LogP contribution in [0.5, 0.6) is 17.2 Å². The number of Topliss-reactive ketones (excluding diaryl/α,β-unsaturated/α-hetero) is 1. The van der Waals surface area contributed by atoms with Crippen LogP contribution in [0, 0.1) is 18.8 Å². The molecule has 0 saturated carbocycles. The molecule has 96 valence electrons. The lowest BCUT2D eigenvalue weighted by Gasteiger charge is -2.14. The van der Waals surface area contributed by atoms with Gasteiger partial charge in [0.2, 0.25) is 5.78 Å². The SMILES string of the molecule is COc1cc(OC)c(OC)c(C)c1C#CC(C)=O. The fourth-order valence-corrected chi connectivity index (χ4v) is 1.61. The highest BCUT2D eigenvalue weighted by Gasteiger charge is 2.15. The summed E-state index contributed by atoms with van der Waals surface area (Å²) >= 11 is 0. The molecule has 0 aliphatic rings. The Morgan fingerprint density at radius 2 is 1.72 bits per heavy atom. The number of hydrogen-bond donors (Lipinski definition) is 0. The lowest BCUT2D eigenvalue weighted by Crippen LogP contribution is -1.99. The maximum Gasteiger partial charge on any atom is 0.202 e. The van der Waals surface area contributed by atoms with Crippen molar-refractivity contribution in [2.45, 2.75) is 13.8 Å². The zero-order valence-corrected chi connectivity index (χ0v) is 11.2. The third-order valence-electron chi connectivity index (χ3n) is 2.46. The van der Waals surface area contributed by atoms with Crippen LogP contribution in [0.25, 0.3) is 0 Å². The second kappa shape index (κ2) is 5.97. The smallest absolute Gasteiger partial charge is 0.202 e. The number of benzene rings is 1. The van der Waals surface area contributed by atoms with Gasteiger partial charge >= 0.3 is 0 Å². The first-order chi connectivity index (χ1) is 8.54. The monoisotopic (exact) mass is 248 g/mol. The Labute approximate surface area is 107 Å². The van der Waals surface area contributed by atoms with Crippen molar-refractivity contribution in [3.8, 4) is 29.1 Å². The number of rotatable bonds is 3. The predicted octanol–water partition coefficient (Wildman–Crippen LogP) is 1.96. The molecular formula is C14H16O4. The first-order valence-corrected chi connectivity index (χ1v) is 5.37. The third kappa shape index (κ3) is 2.75. The van der Waals surface area contributed by atoms with Crippen molar-refractivity contribution in [2.24, 2.45) is 0 Å². The summed E-state index contributed by atoms with van der Waals surface area (Å²) in [5.41, 5.74) is 1.41. The highest BCUT2D eigenvalue weighted by molar-refractivity contribution is 5.94. The van der Waals surface area contributed by atoms with Crippen LogP contribution in [-0.2, 0) is 4.79 Å². The van der Waals surface area contributed by atoms with Crippen molar-refractivity contribution in [1.29, 1.82) is 0 Å². The van der Waals surface area contributed by atoms with Crippen LogP contribution in [0.3, 0.4) is 0 Å². The van der Waals surface area contributed by atoms with Crippen LogP contribution < -0.4 is 14.2 Å². The normalized spacial score (nSPS) is 9.17. The van der Waals surface area contributed by atoms with E-state index in [0.717, 1.165) is 5.56 Å². The van der Waals surface area contributed by atoms with E-state index in [-0.39, 0.29) is 5.78 Å². The van der Waals surface area contributed by atoms with Gasteiger partial charge in [0.15, 0.2) is 11.5 Å². The topological polar surface area (TPSA) is 44.8 Å². The number of carbonyl (C=O) groups excluding carboxylic acids is 1. The standard InChI is InChI=1S/C14H16O4/c1-9(15)6-7-11-10(2)14(18-5)13(17-4)8-12(11)16-3/h8H,1-5H3. The zero-order valence-electron chi connectivity index (χ0n) is 11.2. The fraction of sp³-hybridized carbons (Fsp3) is 0.357. The molecule has 0 amide bonds. The van der Waals surface area contributed by atoms with E-state index in [9.17, 15) is 4.79 Å². The Morgan fingerprint density at radius 1 is 1.11 bits per heavy atom. The Kier molecular flexibility index (Phi) is 4.61. The highest BCUT2D eigenvalue weighted by atomic mass is 16.5. The first kappa shape index (κ1) is 13.9. The van der Waals surface area contributed by atoms with Gasteiger partial charge in [-0.1, -0.05) is 5.92 Å². The fourth-order valence-electron chi connectivity index (χ4n) is 1.61. The van der Waals surface area contributed by atoms with Crippen molar-refractivity contribution in [3.05, 3.63) is 17.2 Å². The van der Waals surface area contributed by atoms with Crippen molar-refractivity contribution >= 4 is 5.78 Å². The van der Waals surface area contributed by atoms with E-state index >= 15 is 0 Å². The number of methoxy groups -OCH3 is 3. The Bertz CT molecular complexity index is 521. The third-order valence-corrected chi connectivity index (χ3v) is 2.46. The first-order valence-electron chi connectivity index (χ1n) is 5.37. The molecule has 1 rings (SSSR count). The van der Waals surface area contributed by atoms with Crippen molar-refractivity contribution in [2.75, 3.05) is 21.3 Å². The van der Waals surface area contributed by atoms with E-state index in [0.29, 0.717) is 22.8 Å². The van der Waals surface area contributed by atoms with Crippen molar-refractivity contribution in [1.82, 2.24) is 0 Å². The molecule has 0 fully saturated rings. The average Bonchev–Trinajstić information content (AvgIpc) is 2.35. The van der Waals surface area contributed by atoms with Gasteiger partial charge in [0, 0.05) is 18.6 Å². The molecule has 0 unspecified atom stereocenters. The molecule has 0 heterocycles. The van der Waals surface area contributed by atoms with Crippen LogP contribution >= 0.6 is 0 Å². The molecule has 4 nitrogen and oxygen atoms in total. The molecule has 0 saturated heterocycles. The molecule has 0 radical (unpaired) electrons. The minimum atomic E-state index is -0.203. The van der Waals surface area contributed by atoms with Gasteiger partial charge in [0.05, 0.1) is 26.9 Å². The Morgan fingerprint density at radius 3 is 2.17 bits per heavy atom. The van der Waals surface area contributed by atoms with Gasteiger partial charge in [-0.3, -0.25) is 4.79 Å². The molecule has 18 heavy (non-hydrogen) atoms. The quantitative estimate of drug-likeness (QED) is 0.767. The van der Waals surface area contributed by atoms with Crippen LogP contribution in [0.1, 0.15) is 18.1 Å². The van der Waals surface area contributed by atoms with E-state index in [4.69, 9.17) is 14.2 Å². The number of hydrogen-bond acceptors (Lipinski definition) is 4. The van der Waals surface area contributed by atoms with E-state index in [1.165, 1.54) is 6.92 Å². The second-order valence-corrected chi connectivity index (χ2v) is 3.62. The second-order valence-electron chi connectivity index (χ2n) is 3.62. The summed E-state index contributed by atoms with van der Waals surface area (Å²) in [6, 6.07) is 1.69. The summed E-state index contributed by atoms with van der Waals surface area (Å²) in [7, 11) is 4.65. The maximum absolute atomic E-state index is 10.9. The largest absolute Gasteiger partial charge is 0.495 e. The van der Waals surface area contributed by atoms with Gasteiger partial charge in [-0.15, -0.1) is 0 Å². The molecule has 1 aromatic carbocycles. The molecule has 0 N–H and O–H groups in total. The maximum atomic E-state index is 10.9. The minimum absolute atomic E-state index is 0.203. The van der Waals surface area contributed by atoms with Crippen LogP contribution in [0.15, 0.2) is 6.07 Å². The molecule has 0 bridgehead atoms. The Hall–Kier alpha value is -2.15. The molecule has 0 aliphatic heterocycles. The van der Waals surface area contributed by atoms with Crippen molar-refractivity contribution in [3.63, 3.8) is 0 Å². The minimum Gasteiger partial charge on any atom is -0.495 e. The van der Waals surface area contributed by atoms with Gasteiger partial charge in [0.25, 0.3) is 0 Å². The highest BCUT2D eigenvalue weighted by Crippen LogP contribution is 2.38. The lowest BCUT2D eigenvalue weighted by molar-refractivity contribution is -0.111. The van der Waals surface area contributed by atoms with Gasteiger partial charge < -0.3 is 14.2 Å². The molecular weight excluding hydrogens is 232 g/mol. The molecule has 0 atom stereocenters. The summed E-state index contributed by atoms with van der Waals surface area (Å²) in [5, 5.41) is 0. The van der Waals surface area contributed by atoms with Crippen molar-refractivity contribution < 1.29 is 19.0 Å². The van der Waals surface area contributed by atoms with Gasteiger partial charge in [-0.05, 0) is 12.8 Å². The van der Waals surface area contributed by atoms with Gasteiger partial charge in [-0.25, -0.2) is 0 Å². The molecule has 4 heteroatoms.